The molecular formula is C25H29N3O2. The Kier molecular flexibility index (Phi) is 4.76. The molecule has 1 saturated carbocycles. The number of rotatable bonds is 3. The molecule has 5 heteroatoms. The van der Waals surface area contributed by atoms with Gasteiger partial charge in [-0.15, -0.1) is 0 Å². The SMILES string of the molecule is Cc1cc(C(=O)N2CCCC2)ccc1NC(=O)N1CC2(CCC2)C1c1ccccc1. The lowest BCUT2D eigenvalue weighted by atomic mass is 9.56. The van der Waals surface area contributed by atoms with E-state index in [1.165, 1.54) is 24.8 Å². The maximum Gasteiger partial charge on any atom is 0.322 e. The van der Waals surface area contributed by atoms with Crippen LogP contribution in [0.3, 0.4) is 0 Å². The summed E-state index contributed by atoms with van der Waals surface area (Å²) in [6.45, 7) is 4.46. The van der Waals surface area contributed by atoms with E-state index in [0.717, 1.165) is 43.7 Å². The highest BCUT2D eigenvalue weighted by molar-refractivity contribution is 5.96. The molecule has 1 N–H and O–H groups in total. The average Bonchev–Trinajstić information content (AvgIpc) is 3.23. The number of likely N-dealkylation sites (tertiary alicyclic amines) is 2. The zero-order chi connectivity index (χ0) is 20.7. The fourth-order valence-corrected chi connectivity index (χ4v) is 5.38. The monoisotopic (exact) mass is 403 g/mol. The summed E-state index contributed by atoms with van der Waals surface area (Å²) in [6, 6.07) is 16.1. The third-order valence-electron chi connectivity index (χ3n) is 7.21. The molecule has 5 rings (SSSR count). The molecule has 2 saturated heterocycles. The van der Waals surface area contributed by atoms with Crippen LogP contribution in [0.25, 0.3) is 0 Å². The van der Waals surface area contributed by atoms with E-state index < -0.39 is 0 Å². The first-order valence-corrected chi connectivity index (χ1v) is 11.1. The molecule has 1 atom stereocenters. The first-order chi connectivity index (χ1) is 14.6. The zero-order valence-electron chi connectivity index (χ0n) is 17.6. The van der Waals surface area contributed by atoms with Crippen molar-refractivity contribution in [3.05, 3.63) is 65.2 Å². The second-order valence-corrected chi connectivity index (χ2v) is 9.12. The van der Waals surface area contributed by atoms with Crippen LogP contribution >= 0.6 is 0 Å². The van der Waals surface area contributed by atoms with Gasteiger partial charge in [0.05, 0.1) is 6.04 Å². The summed E-state index contributed by atoms with van der Waals surface area (Å²) in [4.78, 5) is 29.6. The number of carbonyl (C=O) groups is 2. The lowest BCUT2D eigenvalue weighted by Gasteiger charge is -2.62. The summed E-state index contributed by atoms with van der Waals surface area (Å²) < 4.78 is 0. The minimum atomic E-state index is -0.0527. The van der Waals surface area contributed by atoms with Crippen LogP contribution in [0.5, 0.6) is 0 Å². The fraction of sp³-hybridized carbons (Fsp3) is 0.440. The van der Waals surface area contributed by atoms with E-state index in [4.69, 9.17) is 0 Å². The van der Waals surface area contributed by atoms with E-state index in [0.29, 0.717) is 5.56 Å². The van der Waals surface area contributed by atoms with Gasteiger partial charge >= 0.3 is 6.03 Å². The molecule has 5 nitrogen and oxygen atoms in total. The normalized spacial score (nSPS) is 21.8. The molecule has 2 heterocycles. The Morgan fingerprint density at radius 1 is 1.00 bits per heavy atom. The van der Waals surface area contributed by atoms with Crippen molar-refractivity contribution in [2.75, 3.05) is 25.0 Å². The van der Waals surface area contributed by atoms with E-state index in [1.54, 1.807) is 0 Å². The number of amides is 3. The smallest absolute Gasteiger partial charge is 0.322 e. The number of nitrogens with zero attached hydrogens (tertiary/aromatic N) is 2. The lowest BCUT2D eigenvalue weighted by molar-refractivity contribution is -0.0970. The molecule has 2 aliphatic heterocycles. The second kappa shape index (κ2) is 7.46. The van der Waals surface area contributed by atoms with Crippen LogP contribution in [0.15, 0.2) is 48.5 Å². The van der Waals surface area contributed by atoms with Gasteiger partial charge in [0, 0.05) is 36.3 Å². The molecule has 2 aromatic carbocycles. The maximum absolute atomic E-state index is 13.1. The number of carbonyl (C=O) groups excluding carboxylic acids is 2. The molecule has 30 heavy (non-hydrogen) atoms. The number of benzene rings is 2. The molecule has 3 amide bonds. The Hall–Kier alpha value is -2.82. The standard InChI is InChI=1S/C25H29N3O2/c1-18-16-20(23(29)27-14-5-6-15-27)10-11-21(18)26-24(30)28-17-25(12-7-13-25)22(28)19-8-3-2-4-9-19/h2-4,8-11,16,22H,5-7,12-15,17H2,1H3,(H,26,30). The number of urea groups is 1. The molecule has 0 radical (unpaired) electrons. The largest absolute Gasteiger partial charge is 0.339 e. The molecule has 3 aliphatic rings. The van der Waals surface area contributed by atoms with Crippen LogP contribution in [-0.2, 0) is 0 Å². The predicted molar refractivity (Wildman–Crippen MR) is 118 cm³/mol. The summed E-state index contributed by atoms with van der Waals surface area (Å²) in [5.41, 5.74) is 3.89. The minimum Gasteiger partial charge on any atom is -0.339 e. The summed E-state index contributed by atoms with van der Waals surface area (Å²) in [5.74, 6) is 0.0901. The lowest BCUT2D eigenvalue weighted by Crippen LogP contribution is -2.64. The van der Waals surface area contributed by atoms with Crippen molar-refractivity contribution in [3.63, 3.8) is 0 Å². The third kappa shape index (κ3) is 3.17. The molecule has 2 aromatic rings. The molecule has 156 valence electrons. The maximum atomic E-state index is 13.1. The Bertz CT molecular complexity index is 962. The first kappa shape index (κ1) is 19.2. The summed E-state index contributed by atoms with van der Waals surface area (Å²) in [5, 5.41) is 3.10. The van der Waals surface area contributed by atoms with Crippen molar-refractivity contribution in [1.29, 1.82) is 0 Å². The Balaban J connectivity index is 1.31. The summed E-state index contributed by atoms with van der Waals surface area (Å²) in [6.07, 6.45) is 5.81. The van der Waals surface area contributed by atoms with Gasteiger partial charge in [-0.3, -0.25) is 4.79 Å². The molecule has 3 fully saturated rings. The van der Waals surface area contributed by atoms with E-state index in [2.05, 4.69) is 29.6 Å². The van der Waals surface area contributed by atoms with E-state index in [1.807, 2.05) is 41.0 Å². The van der Waals surface area contributed by atoms with Crippen molar-refractivity contribution >= 4 is 17.6 Å². The molecule has 1 unspecified atom stereocenters. The predicted octanol–water partition coefficient (Wildman–Crippen LogP) is 4.99. The molecule has 0 aromatic heterocycles. The van der Waals surface area contributed by atoms with Crippen molar-refractivity contribution in [3.8, 4) is 0 Å². The van der Waals surface area contributed by atoms with E-state index in [9.17, 15) is 9.59 Å². The molecule has 0 bridgehead atoms. The number of nitrogens with one attached hydrogen (secondary N) is 1. The van der Waals surface area contributed by atoms with Crippen molar-refractivity contribution in [2.45, 2.75) is 45.1 Å². The van der Waals surface area contributed by atoms with Crippen LogP contribution < -0.4 is 5.32 Å². The van der Waals surface area contributed by atoms with Gasteiger partial charge in [-0.25, -0.2) is 4.79 Å². The van der Waals surface area contributed by atoms with Gasteiger partial charge in [0.15, 0.2) is 0 Å². The van der Waals surface area contributed by atoms with E-state index in [-0.39, 0.29) is 23.4 Å². The highest BCUT2D eigenvalue weighted by atomic mass is 16.2. The van der Waals surface area contributed by atoms with E-state index >= 15 is 0 Å². The van der Waals surface area contributed by atoms with Crippen molar-refractivity contribution in [2.24, 2.45) is 5.41 Å². The van der Waals surface area contributed by atoms with Gasteiger partial charge < -0.3 is 15.1 Å². The topological polar surface area (TPSA) is 52.7 Å². The molecule has 1 aliphatic carbocycles. The molecule has 1 spiro atoms. The number of anilines is 1. The van der Waals surface area contributed by atoms with Crippen LogP contribution in [-0.4, -0.2) is 41.4 Å². The zero-order valence-corrected chi connectivity index (χ0v) is 17.6. The average molecular weight is 404 g/mol. The van der Waals surface area contributed by atoms with Gasteiger partial charge in [0.2, 0.25) is 0 Å². The number of aryl methyl sites for hydroxylation is 1. The quantitative estimate of drug-likeness (QED) is 0.785. The third-order valence-corrected chi connectivity index (χ3v) is 7.21. The first-order valence-electron chi connectivity index (χ1n) is 11.1. The van der Waals surface area contributed by atoms with Gasteiger partial charge in [0.1, 0.15) is 0 Å². The second-order valence-electron chi connectivity index (χ2n) is 9.12. The van der Waals surface area contributed by atoms with Gasteiger partial charge in [-0.2, -0.15) is 0 Å². The summed E-state index contributed by atoms with van der Waals surface area (Å²) in [7, 11) is 0. The number of hydrogen-bond acceptors (Lipinski definition) is 2. The summed E-state index contributed by atoms with van der Waals surface area (Å²) >= 11 is 0. The Morgan fingerprint density at radius 2 is 1.73 bits per heavy atom. The Labute approximate surface area is 178 Å². The van der Waals surface area contributed by atoms with Gasteiger partial charge in [-0.1, -0.05) is 36.8 Å². The fourth-order valence-electron chi connectivity index (χ4n) is 5.38. The van der Waals surface area contributed by atoms with Gasteiger partial charge in [-0.05, 0) is 61.9 Å². The van der Waals surface area contributed by atoms with Crippen LogP contribution in [0.2, 0.25) is 0 Å². The molecular weight excluding hydrogens is 374 g/mol. The van der Waals surface area contributed by atoms with Crippen LogP contribution in [0.1, 0.15) is 59.6 Å². The van der Waals surface area contributed by atoms with Crippen molar-refractivity contribution < 1.29 is 9.59 Å². The highest BCUT2D eigenvalue weighted by Crippen LogP contribution is 2.60. The van der Waals surface area contributed by atoms with Gasteiger partial charge in [0.25, 0.3) is 5.91 Å². The van der Waals surface area contributed by atoms with Crippen LogP contribution in [0.4, 0.5) is 10.5 Å². The van der Waals surface area contributed by atoms with Crippen LogP contribution in [0, 0.1) is 12.3 Å². The Morgan fingerprint density at radius 3 is 2.37 bits per heavy atom. The highest BCUT2D eigenvalue weighted by Gasteiger charge is 2.57. The minimum absolute atomic E-state index is 0.0527. The van der Waals surface area contributed by atoms with Crippen molar-refractivity contribution in [1.82, 2.24) is 9.80 Å². The number of hydrogen-bond donors (Lipinski definition) is 1.